The molecule has 0 aliphatic carbocycles. The minimum absolute atomic E-state index is 0.0582. The van der Waals surface area contributed by atoms with E-state index < -0.39 is 10.0 Å². The maximum absolute atomic E-state index is 14.0. The molecule has 2 amide bonds. The predicted molar refractivity (Wildman–Crippen MR) is 168 cm³/mol. The van der Waals surface area contributed by atoms with E-state index in [1.807, 2.05) is 73.3 Å². The molecule has 1 fully saturated rings. The lowest BCUT2D eigenvalue weighted by molar-refractivity contribution is -0.138. The second kappa shape index (κ2) is 15.3. The fourth-order valence-corrected chi connectivity index (χ4v) is 7.02. The number of rotatable bonds is 13. The number of nitrogens with zero attached hydrogens (tertiary/aromatic N) is 3. The van der Waals surface area contributed by atoms with Crippen molar-refractivity contribution in [2.45, 2.75) is 56.5 Å². The molecule has 1 aliphatic heterocycles. The highest BCUT2D eigenvalue weighted by Crippen LogP contribution is 2.27. The largest absolute Gasteiger partial charge is 0.383 e. The van der Waals surface area contributed by atoms with Crippen molar-refractivity contribution in [2.75, 3.05) is 39.9 Å². The standard InChI is InChI=1S/C34H43N3O5S/c1-4-32(29-11-7-5-8-12-29)34(39)35-21-19-30(20-22-35)37(25-28-17-15-27(2)16-18-28)33(38)26-36(23-24-42-3)43(40,41)31-13-9-6-10-14-31/h5-18,30,32H,4,19-26H2,1-3H3. The van der Waals surface area contributed by atoms with Gasteiger partial charge in [-0.1, -0.05) is 85.3 Å². The molecule has 0 saturated carbocycles. The van der Waals surface area contributed by atoms with Gasteiger partial charge in [0.15, 0.2) is 0 Å². The highest BCUT2D eigenvalue weighted by Gasteiger charge is 2.34. The predicted octanol–water partition coefficient (Wildman–Crippen LogP) is 4.85. The van der Waals surface area contributed by atoms with E-state index in [9.17, 15) is 18.0 Å². The number of sulfonamides is 1. The van der Waals surface area contributed by atoms with Crippen molar-refractivity contribution in [2.24, 2.45) is 0 Å². The Morgan fingerprint density at radius 3 is 2.12 bits per heavy atom. The van der Waals surface area contributed by atoms with Crippen LogP contribution >= 0.6 is 0 Å². The molecule has 0 bridgehead atoms. The number of benzene rings is 3. The molecule has 1 saturated heterocycles. The van der Waals surface area contributed by atoms with Gasteiger partial charge in [-0.3, -0.25) is 9.59 Å². The number of methoxy groups -OCH3 is 1. The Morgan fingerprint density at radius 1 is 0.930 bits per heavy atom. The van der Waals surface area contributed by atoms with Gasteiger partial charge in [-0.05, 0) is 49.4 Å². The molecular weight excluding hydrogens is 562 g/mol. The van der Waals surface area contributed by atoms with Crippen LogP contribution in [0.4, 0.5) is 0 Å². The van der Waals surface area contributed by atoms with Crippen LogP contribution < -0.4 is 0 Å². The van der Waals surface area contributed by atoms with Crippen molar-refractivity contribution in [3.05, 3.63) is 102 Å². The highest BCUT2D eigenvalue weighted by atomic mass is 32.2. The quantitative estimate of drug-likeness (QED) is 0.278. The van der Waals surface area contributed by atoms with E-state index in [-0.39, 0.29) is 48.4 Å². The third-order valence-electron chi connectivity index (χ3n) is 8.16. The number of hydrogen-bond donors (Lipinski definition) is 0. The zero-order valence-electron chi connectivity index (χ0n) is 25.4. The first-order valence-electron chi connectivity index (χ1n) is 15.0. The number of carbonyl (C=O) groups excluding carboxylic acids is 2. The second-order valence-electron chi connectivity index (χ2n) is 11.1. The second-order valence-corrected chi connectivity index (χ2v) is 13.0. The van der Waals surface area contributed by atoms with Crippen LogP contribution in [0.1, 0.15) is 48.8 Å². The topological polar surface area (TPSA) is 87.2 Å². The van der Waals surface area contributed by atoms with Crippen molar-refractivity contribution in [1.29, 1.82) is 0 Å². The van der Waals surface area contributed by atoms with Crippen molar-refractivity contribution in [1.82, 2.24) is 14.1 Å². The van der Waals surface area contributed by atoms with E-state index in [0.29, 0.717) is 38.9 Å². The lowest BCUT2D eigenvalue weighted by Crippen LogP contribution is -2.52. The van der Waals surface area contributed by atoms with Crippen molar-refractivity contribution in [3.63, 3.8) is 0 Å². The summed E-state index contributed by atoms with van der Waals surface area (Å²) in [7, 11) is -2.41. The lowest BCUT2D eigenvalue weighted by atomic mass is 9.93. The molecule has 0 spiro atoms. The van der Waals surface area contributed by atoms with E-state index >= 15 is 0 Å². The molecule has 1 aliphatic rings. The van der Waals surface area contributed by atoms with Crippen LogP contribution in [-0.4, -0.2) is 80.3 Å². The molecule has 3 aromatic carbocycles. The summed E-state index contributed by atoms with van der Waals surface area (Å²) in [6, 6.07) is 25.9. The molecule has 1 heterocycles. The molecule has 0 radical (unpaired) electrons. The molecule has 0 N–H and O–H groups in total. The Morgan fingerprint density at radius 2 is 1.53 bits per heavy atom. The van der Waals surface area contributed by atoms with E-state index in [2.05, 4.69) is 0 Å². The molecule has 43 heavy (non-hydrogen) atoms. The van der Waals surface area contributed by atoms with Gasteiger partial charge in [0.25, 0.3) is 0 Å². The van der Waals surface area contributed by atoms with Crippen LogP contribution in [0.3, 0.4) is 0 Å². The molecule has 9 heteroatoms. The van der Waals surface area contributed by atoms with Gasteiger partial charge in [0, 0.05) is 39.3 Å². The molecule has 0 aromatic heterocycles. The molecule has 3 aromatic rings. The monoisotopic (exact) mass is 605 g/mol. The van der Waals surface area contributed by atoms with E-state index in [1.165, 1.54) is 23.5 Å². The Kier molecular flexibility index (Phi) is 11.5. The van der Waals surface area contributed by atoms with Gasteiger partial charge >= 0.3 is 0 Å². The van der Waals surface area contributed by atoms with Crippen molar-refractivity contribution < 1.29 is 22.7 Å². The van der Waals surface area contributed by atoms with Crippen LogP contribution in [0, 0.1) is 6.92 Å². The number of amides is 2. The van der Waals surface area contributed by atoms with E-state index in [0.717, 1.165) is 16.7 Å². The van der Waals surface area contributed by atoms with E-state index in [1.54, 1.807) is 23.1 Å². The molecule has 1 atom stereocenters. The first-order valence-corrected chi connectivity index (χ1v) is 16.4. The third kappa shape index (κ3) is 8.31. The molecule has 1 unspecified atom stereocenters. The molecule has 4 rings (SSSR count). The average Bonchev–Trinajstić information content (AvgIpc) is 3.04. The minimum atomic E-state index is -3.92. The Labute approximate surface area is 256 Å². The average molecular weight is 606 g/mol. The number of hydrogen-bond acceptors (Lipinski definition) is 5. The van der Waals surface area contributed by atoms with Gasteiger partial charge < -0.3 is 14.5 Å². The minimum Gasteiger partial charge on any atom is -0.383 e. The lowest BCUT2D eigenvalue weighted by Gasteiger charge is -2.40. The smallest absolute Gasteiger partial charge is 0.243 e. The Balaban J connectivity index is 1.53. The summed E-state index contributed by atoms with van der Waals surface area (Å²) in [6.07, 6.45) is 1.96. The Hall–Kier alpha value is -3.53. The summed E-state index contributed by atoms with van der Waals surface area (Å²) in [6.45, 7) is 5.42. The van der Waals surface area contributed by atoms with Crippen LogP contribution in [-0.2, 0) is 30.9 Å². The zero-order valence-corrected chi connectivity index (χ0v) is 26.2. The maximum atomic E-state index is 14.0. The number of piperidine rings is 1. The van der Waals surface area contributed by atoms with Gasteiger partial charge in [0.05, 0.1) is 24.0 Å². The molecule has 8 nitrogen and oxygen atoms in total. The normalized spacial score (nSPS) is 14.9. The maximum Gasteiger partial charge on any atom is 0.243 e. The summed E-state index contributed by atoms with van der Waals surface area (Å²) in [5.74, 6) is -0.347. The van der Waals surface area contributed by atoms with Gasteiger partial charge in [-0.25, -0.2) is 8.42 Å². The fraction of sp³-hybridized carbons (Fsp3) is 0.412. The Bertz CT molecular complexity index is 1420. The van der Waals surface area contributed by atoms with Crippen LogP contribution in [0.2, 0.25) is 0 Å². The first kappa shape index (κ1) is 32.4. The third-order valence-corrected chi connectivity index (χ3v) is 10.0. The van der Waals surface area contributed by atoms with Crippen LogP contribution in [0.15, 0.2) is 89.8 Å². The number of aryl methyl sites for hydroxylation is 1. The summed E-state index contributed by atoms with van der Waals surface area (Å²) in [5.41, 5.74) is 3.11. The van der Waals surface area contributed by atoms with Crippen molar-refractivity contribution in [3.8, 4) is 0 Å². The molecular formula is C34H43N3O5S. The van der Waals surface area contributed by atoms with Gasteiger partial charge in [-0.15, -0.1) is 0 Å². The molecule has 230 valence electrons. The highest BCUT2D eigenvalue weighted by molar-refractivity contribution is 7.89. The SMILES string of the molecule is CCC(C(=O)N1CCC(N(Cc2ccc(C)cc2)C(=O)CN(CCOC)S(=O)(=O)c2ccccc2)CC1)c1ccccc1. The van der Waals surface area contributed by atoms with Crippen LogP contribution in [0.25, 0.3) is 0 Å². The summed E-state index contributed by atoms with van der Waals surface area (Å²) < 4.78 is 33.5. The van der Waals surface area contributed by atoms with Gasteiger partial charge in [0.2, 0.25) is 21.8 Å². The first-order chi connectivity index (χ1) is 20.7. The summed E-state index contributed by atoms with van der Waals surface area (Å²) >= 11 is 0. The fourth-order valence-electron chi connectivity index (χ4n) is 5.63. The summed E-state index contributed by atoms with van der Waals surface area (Å²) in [4.78, 5) is 31.4. The zero-order chi connectivity index (χ0) is 30.8. The number of carbonyl (C=O) groups is 2. The van der Waals surface area contributed by atoms with Crippen LogP contribution in [0.5, 0.6) is 0 Å². The van der Waals surface area contributed by atoms with Gasteiger partial charge in [-0.2, -0.15) is 4.31 Å². The van der Waals surface area contributed by atoms with E-state index in [4.69, 9.17) is 4.74 Å². The number of ether oxygens (including phenoxy) is 1. The van der Waals surface area contributed by atoms with Gasteiger partial charge in [0.1, 0.15) is 0 Å². The van der Waals surface area contributed by atoms with Crippen molar-refractivity contribution >= 4 is 21.8 Å². The number of likely N-dealkylation sites (tertiary alicyclic amines) is 1. The summed E-state index contributed by atoms with van der Waals surface area (Å²) in [5, 5.41) is 0.